The zero-order valence-corrected chi connectivity index (χ0v) is 15.8. The zero-order chi connectivity index (χ0) is 20.8. The lowest BCUT2D eigenvalue weighted by Crippen LogP contribution is -2.41. The number of carbonyl (C=O) groups is 1. The van der Waals surface area contributed by atoms with Crippen molar-refractivity contribution in [2.75, 3.05) is 35.7 Å². The number of methoxy groups -OCH3 is 1. The van der Waals surface area contributed by atoms with Crippen molar-refractivity contribution in [3.8, 4) is 0 Å². The molecule has 0 aliphatic rings. The summed E-state index contributed by atoms with van der Waals surface area (Å²) in [5.41, 5.74) is -2.48. The van der Waals surface area contributed by atoms with Gasteiger partial charge in [0.2, 0.25) is 20.0 Å². The van der Waals surface area contributed by atoms with E-state index >= 15 is 0 Å². The summed E-state index contributed by atoms with van der Waals surface area (Å²) in [5, 5.41) is 0. The molecule has 0 heterocycles. The first-order valence-corrected chi connectivity index (χ1v) is 10.7. The highest BCUT2D eigenvalue weighted by Gasteiger charge is 2.37. The van der Waals surface area contributed by atoms with Gasteiger partial charge in [-0.25, -0.2) is 30.4 Å². The number of benzene rings is 1. The van der Waals surface area contributed by atoms with E-state index in [1.807, 2.05) is 0 Å². The van der Waals surface area contributed by atoms with E-state index in [4.69, 9.17) is 0 Å². The van der Waals surface area contributed by atoms with E-state index in [0.717, 1.165) is 7.11 Å². The molecule has 0 aromatic heterocycles. The van der Waals surface area contributed by atoms with Crippen LogP contribution in [0.3, 0.4) is 0 Å². The largest absolute Gasteiger partial charge is 0.465 e. The Labute approximate surface area is 154 Å². The summed E-state index contributed by atoms with van der Waals surface area (Å²) in [7, 11) is -8.88. The minimum Gasteiger partial charge on any atom is -0.465 e. The topological polar surface area (TPSA) is 97.8 Å². The highest BCUT2D eigenvalue weighted by atomic mass is 32.3. The van der Waals surface area contributed by atoms with Crippen molar-refractivity contribution in [3.63, 3.8) is 0 Å². The third-order valence-electron chi connectivity index (χ3n) is 3.23. The highest BCUT2D eigenvalue weighted by Crippen LogP contribution is 2.30. The maximum atomic E-state index is 14.7. The van der Waals surface area contributed by atoms with Crippen LogP contribution in [0.15, 0.2) is 12.1 Å². The van der Waals surface area contributed by atoms with Crippen LogP contribution in [0.4, 0.5) is 23.2 Å². The van der Waals surface area contributed by atoms with E-state index in [2.05, 4.69) is 4.74 Å². The van der Waals surface area contributed by atoms with Crippen LogP contribution in [0.2, 0.25) is 0 Å². The van der Waals surface area contributed by atoms with Crippen molar-refractivity contribution < 1.29 is 43.9 Å². The van der Waals surface area contributed by atoms with Crippen molar-refractivity contribution >= 4 is 31.7 Å². The summed E-state index contributed by atoms with van der Waals surface area (Å²) in [6.45, 7) is -2.20. The number of rotatable bonds is 10. The number of ether oxygens (including phenoxy) is 1. The molecular formula is C14H17F4NO6S2. The number of nitrogens with zero attached hydrogens (tertiary/aromatic N) is 1. The predicted octanol–water partition coefficient (Wildman–Crippen LogP) is 1.94. The molecule has 0 spiro atoms. The Morgan fingerprint density at radius 2 is 1.48 bits per heavy atom. The summed E-state index contributed by atoms with van der Waals surface area (Å²) in [6, 6.07) is 0.976. The van der Waals surface area contributed by atoms with Gasteiger partial charge in [-0.2, -0.15) is 3.71 Å². The lowest BCUT2D eigenvalue weighted by Gasteiger charge is -2.24. The normalized spacial score (nSPS) is 12.0. The van der Waals surface area contributed by atoms with Crippen molar-refractivity contribution in [2.24, 2.45) is 0 Å². The van der Waals surface area contributed by atoms with E-state index in [1.165, 1.54) is 0 Å². The van der Waals surface area contributed by atoms with Crippen LogP contribution >= 0.6 is 0 Å². The van der Waals surface area contributed by atoms with Gasteiger partial charge in [-0.15, -0.1) is 0 Å². The van der Waals surface area contributed by atoms with Crippen LogP contribution in [-0.4, -0.2) is 54.8 Å². The molecule has 1 aromatic carbocycles. The Balaban J connectivity index is 3.69. The lowest BCUT2D eigenvalue weighted by molar-refractivity contribution is 0.0590. The first kappa shape index (κ1) is 23.1. The molecule has 0 saturated heterocycles. The lowest BCUT2D eigenvalue weighted by atomic mass is 10.2. The fourth-order valence-corrected chi connectivity index (χ4v) is 6.08. The highest BCUT2D eigenvalue weighted by molar-refractivity contribution is 8.10. The van der Waals surface area contributed by atoms with Gasteiger partial charge in [0.1, 0.15) is 17.1 Å². The number of carbonyl (C=O) groups excluding carboxylic acids is 1. The Hall–Kier alpha value is -1.89. The summed E-state index contributed by atoms with van der Waals surface area (Å²) >= 11 is 0. The number of anilines is 1. The zero-order valence-electron chi connectivity index (χ0n) is 14.1. The molecule has 0 aliphatic heterocycles. The first-order chi connectivity index (χ1) is 12.5. The second-order valence-electron chi connectivity index (χ2n) is 5.16. The molecular weight excluding hydrogens is 418 g/mol. The number of halogens is 4. The van der Waals surface area contributed by atoms with Crippen LogP contribution in [-0.2, 0) is 24.8 Å². The average Bonchev–Trinajstić information content (AvgIpc) is 2.60. The fraction of sp³-hybridized carbons (Fsp3) is 0.500. The molecule has 0 N–H and O–H groups in total. The Bertz CT molecular complexity index is 851. The summed E-state index contributed by atoms with van der Waals surface area (Å²) in [6.07, 6.45) is -1.19. The van der Waals surface area contributed by atoms with Crippen LogP contribution in [0.5, 0.6) is 0 Å². The van der Waals surface area contributed by atoms with Crippen molar-refractivity contribution in [1.82, 2.24) is 0 Å². The Morgan fingerprint density at radius 3 is 1.89 bits per heavy atom. The smallest absolute Gasteiger partial charge is 0.343 e. The van der Waals surface area contributed by atoms with E-state index in [0.29, 0.717) is 12.1 Å². The maximum Gasteiger partial charge on any atom is 0.343 e. The molecule has 0 saturated carbocycles. The standard InChI is InChI=1S/C14H17F4NO6S2/c1-25-14(20)12-10(17)4-5-11(13(12)18)19(26(21,22)8-2-6-15)27(23,24)9-3-7-16/h4-5H,2-3,6-9H2,1H3. The van der Waals surface area contributed by atoms with Crippen molar-refractivity contribution in [1.29, 1.82) is 0 Å². The first-order valence-electron chi connectivity index (χ1n) is 7.47. The van der Waals surface area contributed by atoms with E-state index in [-0.39, 0.29) is 3.71 Å². The van der Waals surface area contributed by atoms with Crippen molar-refractivity contribution in [3.05, 3.63) is 29.3 Å². The molecule has 13 heteroatoms. The third-order valence-corrected chi connectivity index (χ3v) is 7.61. The van der Waals surface area contributed by atoms with E-state index in [9.17, 15) is 39.2 Å². The average molecular weight is 435 g/mol. The Kier molecular flexibility index (Phi) is 8.02. The van der Waals surface area contributed by atoms with Crippen molar-refractivity contribution in [2.45, 2.75) is 12.8 Å². The molecule has 0 aliphatic carbocycles. The van der Waals surface area contributed by atoms with Crippen LogP contribution in [0, 0.1) is 11.6 Å². The van der Waals surface area contributed by atoms with Gasteiger partial charge in [-0.1, -0.05) is 0 Å². The van der Waals surface area contributed by atoms with Crippen LogP contribution in [0.25, 0.3) is 0 Å². The quantitative estimate of drug-likeness (QED) is 0.412. The van der Waals surface area contributed by atoms with Gasteiger partial charge in [0.25, 0.3) is 0 Å². The fourth-order valence-electron chi connectivity index (χ4n) is 2.08. The molecule has 0 fully saturated rings. The number of hydrogen-bond acceptors (Lipinski definition) is 6. The van der Waals surface area contributed by atoms with Gasteiger partial charge in [-0.3, -0.25) is 8.78 Å². The molecule has 0 amide bonds. The second kappa shape index (κ2) is 9.35. The van der Waals surface area contributed by atoms with Gasteiger partial charge < -0.3 is 4.74 Å². The van der Waals surface area contributed by atoms with Crippen LogP contribution in [0.1, 0.15) is 23.2 Å². The van der Waals surface area contributed by atoms with Gasteiger partial charge in [-0.05, 0) is 25.0 Å². The molecule has 7 nitrogen and oxygen atoms in total. The molecule has 1 rings (SSSR count). The molecule has 0 unspecified atom stereocenters. The molecule has 1 aromatic rings. The van der Waals surface area contributed by atoms with Gasteiger partial charge in [0, 0.05) is 0 Å². The molecule has 0 bridgehead atoms. The summed E-state index contributed by atoms with van der Waals surface area (Å²) in [5.74, 6) is -6.74. The Morgan fingerprint density at radius 1 is 1.00 bits per heavy atom. The minimum atomic E-state index is -4.84. The monoisotopic (exact) mass is 435 g/mol. The van der Waals surface area contributed by atoms with E-state index < -0.39 is 86.6 Å². The number of esters is 1. The molecule has 27 heavy (non-hydrogen) atoms. The second-order valence-corrected chi connectivity index (χ2v) is 9.27. The van der Waals surface area contributed by atoms with E-state index in [1.54, 1.807) is 0 Å². The van der Waals surface area contributed by atoms with Gasteiger partial charge >= 0.3 is 5.97 Å². The maximum absolute atomic E-state index is 14.7. The summed E-state index contributed by atoms with van der Waals surface area (Å²) in [4.78, 5) is 11.6. The summed E-state index contributed by atoms with van der Waals surface area (Å²) < 4.78 is 107. The predicted molar refractivity (Wildman–Crippen MR) is 88.9 cm³/mol. The SMILES string of the molecule is COC(=O)c1c(F)ccc(N(S(=O)(=O)CCCF)S(=O)(=O)CCCF)c1F. The third kappa shape index (κ3) is 5.31. The molecule has 0 radical (unpaired) electrons. The number of alkyl halides is 2. The van der Waals surface area contributed by atoms with Crippen LogP contribution < -0.4 is 3.71 Å². The molecule has 0 atom stereocenters. The number of hydrogen-bond donors (Lipinski definition) is 0. The molecule has 154 valence electrons. The van der Waals surface area contributed by atoms with Gasteiger partial charge in [0.15, 0.2) is 5.82 Å². The minimum absolute atomic E-state index is 0.355. The number of sulfonamides is 2. The van der Waals surface area contributed by atoms with Gasteiger partial charge in [0.05, 0.1) is 32.0 Å².